The first kappa shape index (κ1) is 18.8. The Bertz CT molecular complexity index is 797. The molecular weight excluding hydrogens is 346 g/mol. The van der Waals surface area contributed by atoms with E-state index in [2.05, 4.69) is 17.0 Å². The number of methoxy groups -OCH3 is 1. The van der Waals surface area contributed by atoms with E-state index in [1.807, 2.05) is 23.1 Å². The molecule has 1 unspecified atom stereocenters. The zero-order valence-corrected chi connectivity index (χ0v) is 15.3. The second kappa shape index (κ2) is 8.64. The van der Waals surface area contributed by atoms with Crippen molar-refractivity contribution < 1.29 is 14.5 Å². The summed E-state index contributed by atoms with van der Waals surface area (Å²) in [7, 11) is 1.36. The van der Waals surface area contributed by atoms with E-state index in [0.29, 0.717) is 18.8 Å². The van der Waals surface area contributed by atoms with Gasteiger partial charge in [0.05, 0.1) is 24.5 Å². The fraction of sp³-hybridized carbons (Fsp3) is 0.350. The van der Waals surface area contributed by atoms with Crippen LogP contribution in [0.2, 0.25) is 0 Å². The number of piperazine rings is 1. The van der Waals surface area contributed by atoms with Crippen LogP contribution in [0.3, 0.4) is 0 Å². The number of carbonyl (C=O) groups is 1. The number of benzene rings is 2. The minimum atomic E-state index is -0.374. The lowest BCUT2D eigenvalue weighted by atomic mass is 10.1. The molecule has 27 heavy (non-hydrogen) atoms. The molecule has 2 aromatic carbocycles. The molecule has 142 valence electrons. The van der Waals surface area contributed by atoms with Crippen LogP contribution >= 0.6 is 0 Å². The molecule has 0 aromatic heterocycles. The molecule has 1 heterocycles. The van der Waals surface area contributed by atoms with Crippen LogP contribution in [0.4, 0.5) is 11.4 Å². The van der Waals surface area contributed by atoms with Gasteiger partial charge in [0.25, 0.3) is 5.69 Å². The molecule has 0 N–H and O–H groups in total. The van der Waals surface area contributed by atoms with Crippen LogP contribution in [0.25, 0.3) is 0 Å². The van der Waals surface area contributed by atoms with Gasteiger partial charge in [-0.05, 0) is 11.6 Å². The van der Waals surface area contributed by atoms with E-state index in [4.69, 9.17) is 4.74 Å². The van der Waals surface area contributed by atoms with Gasteiger partial charge in [-0.2, -0.15) is 0 Å². The first-order valence-corrected chi connectivity index (χ1v) is 8.91. The summed E-state index contributed by atoms with van der Waals surface area (Å²) in [6.07, 6.45) is 0.188. The van der Waals surface area contributed by atoms with Crippen LogP contribution in [0, 0.1) is 10.1 Å². The number of nitrogens with zero attached hydrogens (tertiary/aromatic N) is 3. The Kier molecular flexibility index (Phi) is 6.03. The molecule has 0 bridgehead atoms. The molecule has 0 aliphatic carbocycles. The van der Waals surface area contributed by atoms with Gasteiger partial charge >= 0.3 is 5.97 Å². The van der Waals surface area contributed by atoms with Gasteiger partial charge in [-0.3, -0.25) is 19.8 Å². The predicted octanol–water partition coefficient (Wildman–Crippen LogP) is 2.85. The van der Waals surface area contributed by atoms with Crippen LogP contribution in [-0.2, 0) is 16.1 Å². The first-order chi connectivity index (χ1) is 13.1. The fourth-order valence-electron chi connectivity index (χ4n) is 3.53. The van der Waals surface area contributed by atoms with Crippen molar-refractivity contribution in [3.8, 4) is 0 Å². The van der Waals surface area contributed by atoms with E-state index in [-0.39, 0.29) is 29.0 Å². The zero-order chi connectivity index (χ0) is 19.2. The highest BCUT2D eigenvalue weighted by atomic mass is 16.6. The molecule has 1 atom stereocenters. The standard InChI is InChI=1S/C20H23N3O4/c1-27-20(24)13-17-15-21(14-16-7-3-2-4-8-16)11-12-22(17)18-9-5-6-10-19(18)23(25)26/h2-10,17H,11-15H2,1H3. The minimum absolute atomic E-state index is 0.0591. The monoisotopic (exact) mass is 369 g/mol. The highest BCUT2D eigenvalue weighted by Gasteiger charge is 2.32. The lowest BCUT2D eigenvalue weighted by Gasteiger charge is -2.42. The normalized spacial score (nSPS) is 17.5. The number of nitro benzene ring substituents is 1. The van der Waals surface area contributed by atoms with Gasteiger partial charge < -0.3 is 9.64 Å². The SMILES string of the molecule is COC(=O)CC1CN(Cc2ccccc2)CCN1c1ccccc1[N+](=O)[O-]. The summed E-state index contributed by atoms with van der Waals surface area (Å²) >= 11 is 0. The maximum Gasteiger partial charge on any atom is 0.307 e. The van der Waals surface area contributed by atoms with E-state index < -0.39 is 0 Å². The Morgan fingerprint density at radius 1 is 1.15 bits per heavy atom. The van der Waals surface area contributed by atoms with Gasteiger partial charge in [0, 0.05) is 32.2 Å². The number of carbonyl (C=O) groups excluding carboxylic acids is 1. The van der Waals surface area contributed by atoms with Crippen molar-refractivity contribution in [2.24, 2.45) is 0 Å². The molecule has 0 radical (unpaired) electrons. The molecule has 1 aliphatic heterocycles. The number of hydrogen-bond acceptors (Lipinski definition) is 6. The average molecular weight is 369 g/mol. The van der Waals surface area contributed by atoms with Gasteiger partial charge in [-0.15, -0.1) is 0 Å². The van der Waals surface area contributed by atoms with Gasteiger partial charge in [-0.1, -0.05) is 42.5 Å². The summed E-state index contributed by atoms with van der Waals surface area (Å²) in [6.45, 7) is 2.79. The number of ether oxygens (including phenoxy) is 1. The fourth-order valence-corrected chi connectivity index (χ4v) is 3.53. The number of anilines is 1. The second-order valence-corrected chi connectivity index (χ2v) is 6.59. The molecule has 7 nitrogen and oxygen atoms in total. The van der Waals surface area contributed by atoms with E-state index in [0.717, 1.165) is 13.1 Å². The van der Waals surface area contributed by atoms with Gasteiger partial charge in [0.1, 0.15) is 5.69 Å². The third-order valence-corrected chi connectivity index (χ3v) is 4.83. The zero-order valence-electron chi connectivity index (χ0n) is 15.3. The molecule has 1 aliphatic rings. The Hall–Kier alpha value is -2.93. The van der Waals surface area contributed by atoms with E-state index in [1.165, 1.54) is 18.7 Å². The molecule has 0 amide bonds. The summed E-state index contributed by atoms with van der Waals surface area (Å²) in [4.78, 5) is 27.2. The Morgan fingerprint density at radius 3 is 2.56 bits per heavy atom. The summed E-state index contributed by atoms with van der Waals surface area (Å²) in [5, 5.41) is 11.4. The predicted molar refractivity (Wildman–Crippen MR) is 103 cm³/mol. The highest BCUT2D eigenvalue weighted by Crippen LogP contribution is 2.31. The van der Waals surface area contributed by atoms with Crippen LogP contribution < -0.4 is 4.90 Å². The number of hydrogen-bond donors (Lipinski definition) is 0. The van der Waals surface area contributed by atoms with Crippen LogP contribution in [0.5, 0.6) is 0 Å². The smallest absolute Gasteiger partial charge is 0.307 e. The Balaban J connectivity index is 1.82. The van der Waals surface area contributed by atoms with Gasteiger partial charge in [0.2, 0.25) is 0 Å². The maximum absolute atomic E-state index is 11.9. The molecule has 0 saturated carbocycles. The number of nitro groups is 1. The first-order valence-electron chi connectivity index (χ1n) is 8.91. The lowest BCUT2D eigenvalue weighted by Crippen LogP contribution is -2.53. The molecule has 1 fully saturated rings. The number of para-hydroxylation sites is 2. The lowest BCUT2D eigenvalue weighted by molar-refractivity contribution is -0.384. The summed E-state index contributed by atoms with van der Waals surface area (Å²) in [5.41, 5.74) is 1.81. The summed E-state index contributed by atoms with van der Waals surface area (Å²) < 4.78 is 4.85. The largest absolute Gasteiger partial charge is 0.469 e. The third-order valence-electron chi connectivity index (χ3n) is 4.83. The second-order valence-electron chi connectivity index (χ2n) is 6.59. The molecule has 2 aromatic rings. The van der Waals surface area contributed by atoms with Crippen molar-refractivity contribution in [2.45, 2.75) is 19.0 Å². The van der Waals surface area contributed by atoms with Crippen molar-refractivity contribution in [1.29, 1.82) is 0 Å². The van der Waals surface area contributed by atoms with Crippen molar-refractivity contribution >= 4 is 17.3 Å². The minimum Gasteiger partial charge on any atom is -0.469 e. The maximum atomic E-state index is 11.9. The van der Waals surface area contributed by atoms with Crippen molar-refractivity contribution in [2.75, 3.05) is 31.6 Å². The van der Waals surface area contributed by atoms with Crippen LogP contribution in [0.1, 0.15) is 12.0 Å². The quantitative estimate of drug-likeness (QED) is 0.443. The third kappa shape index (κ3) is 4.62. The topological polar surface area (TPSA) is 75.9 Å². The summed E-state index contributed by atoms with van der Waals surface area (Å²) in [6, 6.07) is 16.6. The van der Waals surface area contributed by atoms with Crippen molar-refractivity contribution in [3.63, 3.8) is 0 Å². The van der Waals surface area contributed by atoms with Crippen molar-refractivity contribution in [1.82, 2.24) is 4.90 Å². The average Bonchev–Trinajstić information content (AvgIpc) is 2.69. The molecule has 7 heteroatoms. The van der Waals surface area contributed by atoms with Crippen molar-refractivity contribution in [3.05, 3.63) is 70.3 Å². The number of rotatable bonds is 6. The van der Waals surface area contributed by atoms with E-state index >= 15 is 0 Å². The Morgan fingerprint density at radius 2 is 1.85 bits per heavy atom. The highest BCUT2D eigenvalue weighted by molar-refractivity contribution is 5.72. The van der Waals surface area contributed by atoms with Crippen LogP contribution in [-0.4, -0.2) is 48.6 Å². The molecule has 1 saturated heterocycles. The number of esters is 1. The van der Waals surface area contributed by atoms with Crippen LogP contribution in [0.15, 0.2) is 54.6 Å². The Labute approximate surface area is 158 Å². The summed E-state index contributed by atoms with van der Waals surface area (Å²) in [5.74, 6) is -0.315. The van der Waals surface area contributed by atoms with E-state index in [9.17, 15) is 14.9 Å². The van der Waals surface area contributed by atoms with E-state index in [1.54, 1.807) is 18.2 Å². The molecule has 3 rings (SSSR count). The molecule has 0 spiro atoms. The molecular formula is C20H23N3O4. The van der Waals surface area contributed by atoms with Gasteiger partial charge in [-0.25, -0.2) is 0 Å². The van der Waals surface area contributed by atoms with Gasteiger partial charge in [0.15, 0.2) is 0 Å².